The molecular weight excluding hydrogens is 286 g/mol. The number of carbonyl (C=O) groups excluding carboxylic acids is 1. The lowest BCUT2D eigenvalue weighted by molar-refractivity contribution is -0.112. The molecule has 0 aliphatic rings. The van der Waals surface area contributed by atoms with Crippen LogP contribution in [0, 0.1) is 11.6 Å². The molecule has 2 nitrogen and oxygen atoms in total. The normalized spacial score (nSPS) is 12.0. The molecular formula is C15H11ClF2O2. The summed E-state index contributed by atoms with van der Waals surface area (Å²) in [5.41, 5.74) is 0.733. The molecule has 1 unspecified atom stereocenters. The third kappa shape index (κ3) is 3.33. The Morgan fingerprint density at radius 3 is 2.35 bits per heavy atom. The molecule has 104 valence electrons. The zero-order valence-corrected chi connectivity index (χ0v) is 11.3. The van der Waals surface area contributed by atoms with E-state index in [9.17, 15) is 13.6 Å². The minimum atomic E-state index is -0.779. The lowest BCUT2D eigenvalue weighted by atomic mass is 10.0. The van der Waals surface area contributed by atoms with Crippen molar-refractivity contribution in [3.8, 4) is 11.5 Å². The first-order valence-corrected chi connectivity index (χ1v) is 6.27. The van der Waals surface area contributed by atoms with E-state index >= 15 is 0 Å². The van der Waals surface area contributed by atoms with Crippen molar-refractivity contribution in [1.82, 2.24) is 0 Å². The Bertz CT molecular complexity index is 626. The highest BCUT2D eigenvalue weighted by molar-refractivity contribution is 6.64. The van der Waals surface area contributed by atoms with E-state index in [1.54, 1.807) is 31.2 Å². The summed E-state index contributed by atoms with van der Waals surface area (Å²) >= 11 is 5.41. The van der Waals surface area contributed by atoms with Gasteiger partial charge >= 0.3 is 0 Å². The largest absolute Gasteiger partial charge is 0.454 e. The van der Waals surface area contributed by atoms with Gasteiger partial charge in [-0.15, -0.1) is 0 Å². The van der Waals surface area contributed by atoms with Crippen molar-refractivity contribution < 1.29 is 18.3 Å². The van der Waals surface area contributed by atoms with Gasteiger partial charge in [0.25, 0.3) is 0 Å². The van der Waals surface area contributed by atoms with E-state index in [0.717, 1.165) is 17.7 Å². The zero-order valence-electron chi connectivity index (χ0n) is 10.6. The third-order valence-corrected chi connectivity index (χ3v) is 3.17. The van der Waals surface area contributed by atoms with Gasteiger partial charge in [0.15, 0.2) is 11.6 Å². The molecule has 20 heavy (non-hydrogen) atoms. The summed E-state index contributed by atoms with van der Waals surface area (Å²) in [6.45, 7) is 1.69. The number of halogens is 3. The highest BCUT2D eigenvalue weighted by Crippen LogP contribution is 2.27. The Morgan fingerprint density at radius 2 is 1.80 bits per heavy atom. The quantitative estimate of drug-likeness (QED) is 0.769. The maximum atomic E-state index is 13.4. The summed E-state index contributed by atoms with van der Waals surface area (Å²) in [6.07, 6.45) is 0. The van der Waals surface area contributed by atoms with Crippen LogP contribution in [0.1, 0.15) is 18.4 Å². The van der Waals surface area contributed by atoms with Crippen LogP contribution in [0.4, 0.5) is 8.78 Å². The maximum absolute atomic E-state index is 13.4. The molecule has 0 heterocycles. The van der Waals surface area contributed by atoms with Gasteiger partial charge in [-0.2, -0.15) is 0 Å². The van der Waals surface area contributed by atoms with Crippen molar-refractivity contribution >= 4 is 16.8 Å². The van der Waals surface area contributed by atoms with E-state index in [1.165, 1.54) is 6.07 Å². The highest BCUT2D eigenvalue weighted by atomic mass is 35.5. The Balaban J connectivity index is 2.16. The van der Waals surface area contributed by atoms with E-state index in [2.05, 4.69) is 0 Å². The molecule has 0 saturated heterocycles. The predicted octanol–water partition coefficient (Wildman–Crippen LogP) is 4.63. The van der Waals surface area contributed by atoms with Gasteiger partial charge in [-0.1, -0.05) is 19.1 Å². The van der Waals surface area contributed by atoms with Crippen LogP contribution in [0.15, 0.2) is 42.5 Å². The van der Waals surface area contributed by atoms with Gasteiger partial charge < -0.3 is 4.74 Å². The van der Waals surface area contributed by atoms with Crippen LogP contribution in [0.2, 0.25) is 0 Å². The Labute approximate surface area is 119 Å². The molecule has 0 spiro atoms. The fraction of sp³-hybridized carbons (Fsp3) is 0.133. The van der Waals surface area contributed by atoms with E-state index < -0.39 is 22.8 Å². The average Bonchev–Trinajstić information content (AvgIpc) is 2.42. The SMILES string of the molecule is CC(C(=O)Cl)c1ccc(Oc2ccc(F)cc2F)cc1. The van der Waals surface area contributed by atoms with Crippen LogP contribution in [0.5, 0.6) is 11.5 Å². The van der Waals surface area contributed by atoms with Gasteiger partial charge in [0, 0.05) is 6.07 Å². The summed E-state index contributed by atoms with van der Waals surface area (Å²) in [7, 11) is 0. The molecule has 2 aromatic carbocycles. The summed E-state index contributed by atoms with van der Waals surface area (Å²) in [6, 6.07) is 9.59. The minimum absolute atomic E-state index is 0.0689. The van der Waals surface area contributed by atoms with Crippen LogP contribution in [-0.4, -0.2) is 5.24 Å². The zero-order chi connectivity index (χ0) is 14.7. The van der Waals surface area contributed by atoms with Gasteiger partial charge in [-0.05, 0) is 41.4 Å². The number of hydrogen-bond donors (Lipinski definition) is 0. The van der Waals surface area contributed by atoms with Crippen molar-refractivity contribution in [3.05, 3.63) is 59.7 Å². The molecule has 0 N–H and O–H groups in total. The van der Waals surface area contributed by atoms with E-state index in [0.29, 0.717) is 5.75 Å². The maximum Gasteiger partial charge on any atom is 0.228 e. The molecule has 0 aliphatic carbocycles. The smallest absolute Gasteiger partial charge is 0.228 e. The van der Waals surface area contributed by atoms with Gasteiger partial charge in [-0.25, -0.2) is 8.78 Å². The van der Waals surface area contributed by atoms with Gasteiger partial charge in [0.2, 0.25) is 5.24 Å². The summed E-state index contributed by atoms with van der Waals surface area (Å²) in [5.74, 6) is -1.56. The molecule has 0 aliphatic heterocycles. The standard InChI is InChI=1S/C15H11ClF2O2/c1-9(15(16)19)10-2-5-12(6-3-10)20-14-7-4-11(17)8-13(14)18/h2-9H,1H3. The molecule has 1 atom stereocenters. The molecule has 0 saturated carbocycles. The van der Waals surface area contributed by atoms with Crippen molar-refractivity contribution in [1.29, 1.82) is 0 Å². The van der Waals surface area contributed by atoms with Crippen LogP contribution >= 0.6 is 11.6 Å². The summed E-state index contributed by atoms with van der Waals surface area (Å²) in [4.78, 5) is 11.0. The van der Waals surface area contributed by atoms with E-state index in [4.69, 9.17) is 16.3 Å². The first kappa shape index (κ1) is 14.5. The van der Waals surface area contributed by atoms with Crippen LogP contribution in [0.3, 0.4) is 0 Å². The number of hydrogen-bond acceptors (Lipinski definition) is 2. The average molecular weight is 297 g/mol. The summed E-state index contributed by atoms with van der Waals surface area (Å²) < 4.78 is 31.5. The Kier molecular flexibility index (Phi) is 4.35. The second-order valence-electron chi connectivity index (χ2n) is 4.27. The van der Waals surface area contributed by atoms with Crippen LogP contribution < -0.4 is 4.74 Å². The molecule has 0 fully saturated rings. The number of benzene rings is 2. The fourth-order valence-corrected chi connectivity index (χ4v) is 1.77. The third-order valence-electron chi connectivity index (χ3n) is 2.84. The highest BCUT2D eigenvalue weighted by Gasteiger charge is 2.12. The number of rotatable bonds is 4. The molecule has 5 heteroatoms. The molecule has 0 amide bonds. The first-order chi connectivity index (χ1) is 9.47. The Hall–Kier alpha value is -1.94. The lowest BCUT2D eigenvalue weighted by Crippen LogP contribution is -2.01. The summed E-state index contributed by atoms with van der Waals surface area (Å²) in [5, 5.41) is -0.455. The van der Waals surface area contributed by atoms with Crippen molar-refractivity contribution in [3.63, 3.8) is 0 Å². The molecule has 0 aromatic heterocycles. The molecule has 2 aromatic rings. The monoisotopic (exact) mass is 296 g/mol. The predicted molar refractivity (Wildman–Crippen MR) is 72.1 cm³/mol. The van der Waals surface area contributed by atoms with Gasteiger partial charge in [0.05, 0.1) is 5.92 Å². The van der Waals surface area contributed by atoms with Crippen molar-refractivity contribution in [2.24, 2.45) is 0 Å². The number of ether oxygens (including phenoxy) is 1. The number of carbonyl (C=O) groups is 1. The second-order valence-corrected chi connectivity index (χ2v) is 4.64. The molecule has 2 rings (SSSR count). The van der Waals surface area contributed by atoms with Crippen molar-refractivity contribution in [2.45, 2.75) is 12.8 Å². The van der Waals surface area contributed by atoms with Crippen molar-refractivity contribution in [2.75, 3.05) is 0 Å². The van der Waals surface area contributed by atoms with E-state index in [1.807, 2.05) is 0 Å². The molecule has 0 bridgehead atoms. The van der Waals surface area contributed by atoms with Crippen LogP contribution in [0.25, 0.3) is 0 Å². The topological polar surface area (TPSA) is 26.3 Å². The van der Waals surface area contributed by atoms with Gasteiger partial charge in [0.1, 0.15) is 11.6 Å². The Morgan fingerprint density at radius 1 is 1.15 bits per heavy atom. The first-order valence-electron chi connectivity index (χ1n) is 5.89. The molecule has 0 radical (unpaired) electrons. The fourth-order valence-electron chi connectivity index (χ4n) is 1.64. The second kappa shape index (κ2) is 6.01. The minimum Gasteiger partial charge on any atom is -0.454 e. The lowest BCUT2D eigenvalue weighted by Gasteiger charge is -2.09. The van der Waals surface area contributed by atoms with Gasteiger partial charge in [-0.3, -0.25) is 4.79 Å². The van der Waals surface area contributed by atoms with Crippen LogP contribution in [-0.2, 0) is 4.79 Å². The van der Waals surface area contributed by atoms with E-state index in [-0.39, 0.29) is 5.75 Å².